The smallest absolute Gasteiger partial charge is 0.0101 e. The maximum Gasteiger partial charge on any atom is 0.0101 e. The molecule has 0 spiro atoms. The predicted octanol–water partition coefficient (Wildman–Crippen LogP) is 3.75. The van der Waals surface area contributed by atoms with Crippen LogP contribution in [-0.2, 0) is 6.42 Å². The van der Waals surface area contributed by atoms with Gasteiger partial charge in [-0.05, 0) is 30.7 Å². The van der Waals surface area contributed by atoms with E-state index in [1.54, 1.807) is 0 Å². The highest BCUT2D eigenvalue weighted by molar-refractivity contribution is 7.98. The van der Waals surface area contributed by atoms with E-state index in [9.17, 15) is 0 Å². The second-order valence-corrected chi connectivity index (χ2v) is 3.76. The van der Waals surface area contributed by atoms with Crippen LogP contribution in [0.5, 0.6) is 0 Å². The van der Waals surface area contributed by atoms with E-state index < -0.39 is 0 Å². The molecule has 12 heavy (non-hydrogen) atoms. The van der Waals surface area contributed by atoms with Crippen molar-refractivity contribution in [2.45, 2.75) is 31.1 Å². The second-order valence-electron chi connectivity index (χ2n) is 2.92. The Morgan fingerprint density at radius 2 is 2.00 bits per heavy atom. The molecule has 0 amide bonds. The average molecular weight is 180 g/mol. The summed E-state index contributed by atoms with van der Waals surface area (Å²) in [6, 6.07) is 8.68. The first-order valence-electron chi connectivity index (χ1n) is 4.50. The zero-order valence-electron chi connectivity index (χ0n) is 7.84. The summed E-state index contributed by atoms with van der Waals surface area (Å²) in [5.74, 6) is 0. The summed E-state index contributed by atoms with van der Waals surface area (Å²) in [5, 5.41) is 0. The summed E-state index contributed by atoms with van der Waals surface area (Å²) in [6.45, 7) is 2.24. The van der Waals surface area contributed by atoms with Crippen LogP contribution in [0.1, 0.15) is 25.3 Å². The first kappa shape index (κ1) is 9.66. The van der Waals surface area contributed by atoms with Crippen molar-refractivity contribution in [3.05, 3.63) is 29.8 Å². The van der Waals surface area contributed by atoms with Crippen molar-refractivity contribution in [1.29, 1.82) is 0 Å². The van der Waals surface area contributed by atoms with Gasteiger partial charge in [0.15, 0.2) is 0 Å². The van der Waals surface area contributed by atoms with Gasteiger partial charge in [0, 0.05) is 4.90 Å². The lowest BCUT2D eigenvalue weighted by molar-refractivity contribution is 0.785. The van der Waals surface area contributed by atoms with Crippen LogP contribution >= 0.6 is 11.8 Å². The van der Waals surface area contributed by atoms with Crippen molar-refractivity contribution in [3.8, 4) is 0 Å². The normalized spacial score (nSPS) is 10.2. The fraction of sp³-hybridized carbons (Fsp3) is 0.455. The molecule has 0 aromatic heterocycles. The van der Waals surface area contributed by atoms with Gasteiger partial charge in [-0.15, -0.1) is 11.8 Å². The van der Waals surface area contributed by atoms with Crippen molar-refractivity contribution >= 4 is 11.8 Å². The van der Waals surface area contributed by atoms with Gasteiger partial charge in [0.05, 0.1) is 0 Å². The molecule has 0 fully saturated rings. The van der Waals surface area contributed by atoms with Gasteiger partial charge in [0.2, 0.25) is 0 Å². The van der Waals surface area contributed by atoms with Crippen molar-refractivity contribution in [1.82, 2.24) is 0 Å². The second kappa shape index (κ2) is 5.26. The van der Waals surface area contributed by atoms with Gasteiger partial charge >= 0.3 is 0 Å². The molecule has 0 aliphatic rings. The predicted molar refractivity (Wildman–Crippen MR) is 56.8 cm³/mol. The van der Waals surface area contributed by atoms with Gasteiger partial charge in [0.25, 0.3) is 0 Å². The standard InChI is InChI=1S/C11H16S/c1-3-4-7-10-8-5-6-9-11(10)12-2/h5-6,8-9H,3-4,7H2,1-2H3. The number of hydrogen-bond donors (Lipinski definition) is 0. The van der Waals surface area contributed by atoms with E-state index in [1.165, 1.54) is 29.7 Å². The summed E-state index contributed by atoms with van der Waals surface area (Å²) < 4.78 is 0. The highest BCUT2D eigenvalue weighted by atomic mass is 32.2. The molecule has 0 nitrogen and oxygen atoms in total. The fourth-order valence-corrected chi connectivity index (χ4v) is 1.92. The van der Waals surface area contributed by atoms with E-state index in [-0.39, 0.29) is 0 Å². The van der Waals surface area contributed by atoms with Crippen LogP contribution < -0.4 is 0 Å². The molecule has 1 aromatic rings. The lowest BCUT2D eigenvalue weighted by Crippen LogP contribution is -1.86. The monoisotopic (exact) mass is 180 g/mol. The van der Waals surface area contributed by atoms with Crippen molar-refractivity contribution in [3.63, 3.8) is 0 Å². The summed E-state index contributed by atoms with van der Waals surface area (Å²) in [6.07, 6.45) is 5.96. The van der Waals surface area contributed by atoms with Crippen LogP contribution in [0.25, 0.3) is 0 Å². The molecule has 0 unspecified atom stereocenters. The first-order valence-corrected chi connectivity index (χ1v) is 5.73. The highest BCUT2D eigenvalue weighted by Gasteiger charge is 1.98. The maximum atomic E-state index is 2.24. The van der Waals surface area contributed by atoms with Gasteiger partial charge < -0.3 is 0 Å². The summed E-state index contributed by atoms with van der Waals surface area (Å²) >= 11 is 1.85. The largest absolute Gasteiger partial charge is 0.129 e. The molecular weight excluding hydrogens is 164 g/mol. The minimum absolute atomic E-state index is 1.23. The number of unbranched alkanes of at least 4 members (excludes halogenated alkanes) is 1. The molecule has 0 saturated heterocycles. The molecule has 0 saturated carbocycles. The molecule has 0 bridgehead atoms. The zero-order valence-corrected chi connectivity index (χ0v) is 8.66. The Morgan fingerprint density at radius 3 is 2.67 bits per heavy atom. The molecule has 0 atom stereocenters. The van der Waals surface area contributed by atoms with Gasteiger partial charge in [-0.2, -0.15) is 0 Å². The van der Waals surface area contributed by atoms with Crippen LogP contribution in [0, 0.1) is 0 Å². The Hall–Kier alpha value is -0.430. The van der Waals surface area contributed by atoms with Gasteiger partial charge in [0.1, 0.15) is 0 Å². The lowest BCUT2D eigenvalue weighted by atomic mass is 10.1. The number of hydrogen-bond acceptors (Lipinski definition) is 1. The van der Waals surface area contributed by atoms with Gasteiger partial charge in [-0.3, -0.25) is 0 Å². The number of thioether (sulfide) groups is 1. The van der Waals surface area contributed by atoms with Gasteiger partial charge in [-0.25, -0.2) is 0 Å². The third kappa shape index (κ3) is 2.56. The Bertz CT molecular complexity index is 230. The average Bonchev–Trinajstić information content (AvgIpc) is 2.15. The lowest BCUT2D eigenvalue weighted by Gasteiger charge is -2.05. The Balaban J connectivity index is 2.68. The van der Waals surface area contributed by atoms with Crippen LogP contribution in [0.4, 0.5) is 0 Å². The van der Waals surface area contributed by atoms with E-state index >= 15 is 0 Å². The highest BCUT2D eigenvalue weighted by Crippen LogP contribution is 2.21. The summed E-state index contributed by atoms with van der Waals surface area (Å²) in [5.41, 5.74) is 1.51. The van der Waals surface area contributed by atoms with Crippen molar-refractivity contribution in [2.75, 3.05) is 6.26 Å². The summed E-state index contributed by atoms with van der Waals surface area (Å²) in [4.78, 5) is 1.44. The van der Waals surface area contributed by atoms with E-state index in [0.29, 0.717) is 0 Å². The Labute approximate surface area is 79.4 Å². The minimum Gasteiger partial charge on any atom is -0.129 e. The molecule has 66 valence electrons. The van der Waals surface area contributed by atoms with Crippen LogP contribution in [0.15, 0.2) is 29.2 Å². The molecule has 0 radical (unpaired) electrons. The molecule has 0 N–H and O–H groups in total. The minimum atomic E-state index is 1.23. The number of rotatable bonds is 4. The van der Waals surface area contributed by atoms with E-state index in [0.717, 1.165) is 0 Å². The molecule has 0 heterocycles. The first-order chi connectivity index (χ1) is 5.88. The Kier molecular flexibility index (Phi) is 4.23. The zero-order chi connectivity index (χ0) is 8.81. The molecule has 1 aromatic carbocycles. The molecular formula is C11H16S. The third-order valence-corrected chi connectivity index (χ3v) is 2.83. The number of aryl methyl sites for hydroxylation is 1. The van der Waals surface area contributed by atoms with E-state index in [1.807, 2.05) is 11.8 Å². The summed E-state index contributed by atoms with van der Waals surface area (Å²) in [7, 11) is 0. The quantitative estimate of drug-likeness (QED) is 0.636. The van der Waals surface area contributed by atoms with E-state index in [2.05, 4.69) is 37.4 Å². The van der Waals surface area contributed by atoms with Crippen molar-refractivity contribution in [2.24, 2.45) is 0 Å². The fourth-order valence-electron chi connectivity index (χ4n) is 1.28. The number of benzene rings is 1. The van der Waals surface area contributed by atoms with Gasteiger partial charge in [-0.1, -0.05) is 31.5 Å². The van der Waals surface area contributed by atoms with Crippen LogP contribution in [0.2, 0.25) is 0 Å². The molecule has 0 aliphatic heterocycles. The van der Waals surface area contributed by atoms with E-state index in [4.69, 9.17) is 0 Å². The molecule has 0 aliphatic carbocycles. The molecule has 1 heteroatoms. The van der Waals surface area contributed by atoms with Crippen molar-refractivity contribution < 1.29 is 0 Å². The SMILES string of the molecule is CCCCc1ccccc1SC. The maximum absolute atomic E-state index is 2.24. The van der Waals surface area contributed by atoms with Crippen LogP contribution in [0.3, 0.4) is 0 Å². The topological polar surface area (TPSA) is 0 Å². The van der Waals surface area contributed by atoms with Crippen LogP contribution in [-0.4, -0.2) is 6.26 Å². The molecule has 1 rings (SSSR count). The third-order valence-electron chi connectivity index (χ3n) is 1.99. The Morgan fingerprint density at radius 1 is 1.25 bits per heavy atom.